The highest BCUT2D eigenvalue weighted by molar-refractivity contribution is 5.49. The Kier molecular flexibility index (Phi) is 4.75. The predicted molar refractivity (Wildman–Crippen MR) is 67.0 cm³/mol. The van der Waals surface area contributed by atoms with Crippen molar-refractivity contribution in [2.24, 2.45) is 0 Å². The van der Waals surface area contributed by atoms with Gasteiger partial charge >= 0.3 is 0 Å². The molecule has 0 aliphatic carbocycles. The van der Waals surface area contributed by atoms with Gasteiger partial charge in [0.25, 0.3) is 0 Å². The van der Waals surface area contributed by atoms with Crippen LogP contribution in [0.5, 0.6) is 5.75 Å². The summed E-state index contributed by atoms with van der Waals surface area (Å²) in [6.07, 6.45) is 1.25. The molecule has 1 aromatic carbocycles. The zero-order valence-electron chi connectivity index (χ0n) is 10.6. The molecular weight excluding hydrogens is 221 g/mol. The van der Waals surface area contributed by atoms with Crippen molar-refractivity contribution in [2.45, 2.75) is 32.3 Å². The third kappa shape index (κ3) is 3.60. The van der Waals surface area contributed by atoms with Gasteiger partial charge in [0, 0.05) is 12.6 Å². The van der Waals surface area contributed by atoms with Crippen LogP contribution in [0, 0.1) is 5.82 Å². The maximum Gasteiger partial charge on any atom is 0.146 e. The highest BCUT2D eigenvalue weighted by Crippen LogP contribution is 2.23. The van der Waals surface area contributed by atoms with Crippen LogP contribution < -0.4 is 10.1 Å². The van der Waals surface area contributed by atoms with E-state index in [-0.39, 0.29) is 5.82 Å². The van der Waals surface area contributed by atoms with Crippen molar-refractivity contribution in [2.75, 3.05) is 19.0 Å². The first-order chi connectivity index (χ1) is 8.04. The largest absolute Gasteiger partial charge is 0.497 e. The molecule has 2 N–H and O–H groups in total. The zero-order chi connectivity index (χ0) is 12.9. The van der Waals surface area contributed by atoms with Crippen molar-refractivity contribution in [3.8, 4) is 5.75 Å². The zero-order valence-corrected chi connectivity index (χ0v) is 10.6. The van der Waals surface area contributed by atoms with Crippen molar-refractivity contribution >= 4 is 5.69 Å². The van der Waals surface area contributed by atoms with Crippen LogP contribution in [-0.2, 0) is 0 Å². The van der Waals surface area contributed by atoms with E-state index in [2.05, 4.69) is 5.32 Å². The molecule has 0 fully saturated rings. The van der Waals surface area contributed by atoms with Crippen LogP contribution in [0.25, 0.3) is 0 Å². The van der Waals surface area contributed by atoms with E-state index in [0.29, 0.717) is 30.8 Å². The number of halogens is 1. The summed E-state index contributed by atoms with van der Waals surface area (Å²) in [4.78, 5) is 0. The van der Waals surface area contributed by atoms with Gasteiger partial charge in [-0.3, -0.25) is 0 Å². The van der Waals surface area contributed by atoms with Crippen LogP contribution in [-0.4, -0.2) is 24.4 Å². The fraction of sp³-hybridized carbons (Fsp3) is 0.538. The summed E-state index contributed by atoms with van der Waals surface area (Å²) < 4.78 is 18.5. The molecule has 4 heteroatoms. The second kappa shape index (κ2) is 5.87. The monoisotopic (exact) mass is 241 g/mol. The average molecular weight is 241 g/mol. The lowest BCUT2D eigenvalue weighted by Gasteiger charge is -2.26. The smallest absolute Gasteiger partial charge is 0.146 e. The molecule has 0 amide bonds. The molecule has 0 bridgehead atoms. The Hall–Kier alpha value is -1.29. The number of hydrogen-bond donors (Lipinski definition) is 2. The number of rotatable bonds is 6. The summed E-state index contributed by atoms with van der Waals surface area (Å²) in [6, 6.07) is 4.49. The minimum atomic E-state index is -0.796. The lowest BCUT2D eigenvalue weighted by Crippen LogP contribution is -2.35. The molecule has 0 aromatic heterocycles. The highest BCUT2D eigenvalue weighted by Gasteiger charge is 2.22. The highest BCUT2D eigenvalue weighted by atomic mass is 19.1. The predicted octanol–water partition coefficient (Wildman–Crippen LogP) is 2.80. The van der Waals surface area contributed by atoms with Crippen LogP contribution in [0.15, 0.2) is 18.2 Å². The first kappa shape index (κ1) is 13.8. The summed E-state index contributed by atoms with van der Waals surface area (Å²) >= 11 is 0. The van der Waals surface area contributed by atoms with E-state index in [4.69, 9.17) is 4.74 Å². The van der Waals surface area contributed by atoms with Gasteiger partial charge in [0.1, 0.15) is 11.6 Å². The van der Waals surface area contributed by atoms with Crippen LogP contribution in [0.2, 0.25) is 0 Å². The molecular formula is C13H20FNO2. The third-order valence-corrected chi connectivity index (χ3v) is 3.10. The van der Waals surface area contributed by atoms with Crippen molar-refractivity contribution in [3.63, 3.8) is 0 Å². The number of ether oxygens (including phenoxy) is 1. The molecule has 0 radical (unpaired) electrons. The van der Waals surface area contributed by atoms with E-state index < -0.39 is 5.60 Å². The van der Waals surface area contributed by atoms with Crippen LogP contribution >= 0.6 is 0 Å². The molecule has 0 aliphatic heterocycles. The first-order valence-corrected chi connectivity index (χ1v) is 5.84. The summed E-state index contributed by atoms with van der Waals surface area (Å²) in [5, 5.41) is 13.0. The summed E-state index contributed by atoms with van der Waals surface area (Å²) in [5.41, 5.74) is -0.445. The summed E-state index contributed by atoms with van der Waals surface area (Å²) in [7, 11) is 1.53. The summed E-state index contributed by atoms with van der Waals surface area (Å²) in [6.45, 7) is 4.14. The topological polar surface area (TPSA) is 41.5 Å². The van der Waals surface area contributed by atoms with E-state index >= 15 is 0 Å². The van der Waals surface area contributed by atoms with Crippen molar-refractivity contribution in [3.05, 3.63) is 24.0 Å². The number of hydrogen-bond acceptors (Lipinski definition) is 3. The number of benzene rings is 1. The molecule has 0 aliphatic rings. The minimum absolute atomic E-state index is 0.323. The van der Waals surface area contributed by atoms with Gasteiger partial charge in [-0.2, -0.15) is 0 Å². The number of anilines is 1. The third-order valence-electron chi connectivity index (χ3n) is 3.10. The van der Waals surface area contributed by atoms with Gasteiger partial charge in [0.2, 0.25) is 0 Å². The molecule has 1 aromatic rings. The molecule has 0 atom stereocenters. The Balaban J connectivity index is 2.74. The van der Waals surface area contributed by atoms with Crippen LogP contribution in [0.3, 0.4) is 0 Å². The second-order valence-electron chi connectivity index (χ2n) is 4.13. The average Bonchev–Trinajstić information content (AvgIpc) is 2.37. The minimum Gasteiger partial charge on any atom is -0.497 e. The molecule has 0 saturated heterocycles. The van der Waals surface area contributed by atoms with Crippen molar-refractivity contribution in [1.82, 2.24) is 0 Å². The van der Waals surface area contributed by atoms with Crippen molar-refractivity contribution in [1.29, 1.82) is 0 Å². The second-order valence-corrected chi connectivity index (χ2v) is 4.13. The van der Waals surface area contributed by atoms with E-state index in [0.717, 1.165) is 0 Å². The molecule has 96 valence electrons. The van der Waals surface area contributed by atoms with E-state index in [1.54, 1.807) is 12.1 Å². The molecule has 17 heavy (non-hydrogen) atoms. The van der Waals surface area contributed by atoms with E-state index in [1.807, 2.05) is 13.8 Å². The van der Waals surface area contributed by atoms with Crippen molar-refractivity contribution < 1.29 is 14.2 Å². The van der Waals surface area contributed by atoms with Gasteiger partial charge in [0.05, 0.1) is 18.4 Å². The van der Waals surface area contributed by atoms with Gasteiger partial charge in [-0.15, -0.1) is 0 Å². The molecule has 0 spiro atoms. The molecule has 3 nitrogen and oxygen atoms in total. The number of nitrogens with one attached hydrogen (secondary N) is 1. The Morgan fingerprint density at radius 2 is 2.00 bits per heavy atom. The fourth-order valence-electron chi connectivity index (χ4n) is 1.53. The lowest BCUT2D eigenvalue weighted by atomic mass is 9.97. The van der Waals surface area contributed by atoms with Gasteiger partial charge in [-0.25, -0.2) is 4.39 Å². The first-order valence-electron chi connectivity index (χ1n) is 5.84. The SMILES string of the molecule is CCC(O)(CC)CNc1cc(OC)ccc1F. The van der Waals surface area contributed by atoms with Gasteiger partial charge in [0.15, 0.2) is 0 Å². The van der Waals surface area contributed by atoms with Crippen LogP contribution in [0.4, 0.5) is 10.1 Å². The Morgan fingerprint density at radius 3 is 2.53 bits per heavy atom. The van der Waals surface area contributed by atoms with E-state index in [9.17, 15) is 9.50 Å². The number of aliphatic hydroxyl groups is 1. The lowest BCUT2D eigenvalue weighted by molar-refractivity contribution is 0.0456. The Bertz CT molecular complexity index is 364. The van der Waals surface area contributed by atoms with Gasteiger partial charge < -0.3 is 15.2 Å². The maximum absolute atomic E-state index is 13.5. The van der Waals surface area contributed by atoms with Gasteiger partial charge in [-0.05, 0) is 25.0 Å². The van der Waals surface area contributed by atoms with Gasteiger partial charge in [-0.1, -0.05) is 13.8 Å². The Morgan fingerprint density at radius 1 is 1.35 bits per heavy atom. The van der Waals surface area contributed by atoms with E-state index in [1.165, 1.54) is 13.2 Å². The van der Waals surface area contributed by atoms with Crippen LogP contribution in [0.1, 0.15) is 26.7 Å². The molecule has 0 unspecified atom stereocenters. The molecule has 0 heterocycles. The molecule has 0 saturated carbocycles. The summed E-state index contributed by atoms with van der Waals surface area (Å²) in [5.74, 6) is 0.241. The standard InChI is InChI=1S/C13H20FNO2/c1-4-13(16,5-2)9-15-12-8-10(17-3)6-7-11(12)14/h6-8,15-16H,4-5,9H2,1-3H3. The fourth-order valence-corrected chi connectivity index (χ4v) is 1.53. The number of methoxy groups -OCH3 is 1. The maximum atomic E-state index is 13.5. The Labute approximate surface area is 102 Å². The normalized spacial score (nSPS) is 11.4. The quantitative estimate of drug-likeness (QED) is 0.804. The molecule has 1 rings (SSSR count).